The molecular formula is C16H27FN2. The highest BCUT2D eigenvalue weighted by Crippen LogP contribution is 2.23. The van der Waals surface area contributed by atoms with Crippen LogP contribution in [0.15, 0.2) is 24.3 Å². The minimum atomic E-state index is -0.180. The Kier molecular flexibility index (Phi) is 5.95. The molecule has 0 bridgehead atoms. The molecule has 0 fully saturated rings. The summed E-state index contributed by atoms with van der Waals surface area (Å²) in [5.41, 5.74) is 6.86. The second-order valence-electron chi connectivity index (χ2n) is 5.76. The third-order valence-electron chi connectivity index (χ3n) is 4.13. The molecule has 0 radical (unpaired) electrons. The first-order valence-electron chi connectivity index (χ1n) is 7.10. The van der Waals surface area contributed by atoms with Crippen molar-refractivity contribution in [1.82, 2.24) is 4.90 Å². The van der Waals surface area contributed by atoms with Crippen molar-refractivity contribution >= 4 is 0 Å². The number of hydrogen-bond acceptors (Lipinski definition) is 2. The van der Waals surface area contributed by atoms with E-state index in [1.165, 1.54) is 6.07 Å². The maximum atomic E-state index is 13.3. The molecule has 0 saturated carbocycles. The van der Waals surface area contributed by atoms with E-state index < -0.39 is 0 Å². The monoisotopic (exact) mass is 266 g/mol. The van der Waals surface area contributed by atoms with Crippen LogP contribution in [-0.2, 0) is 6.42 Å². The number of halogens is 1. The third-order valence-corrected chi connectivity index (χ3v) is 4.13. The SMILES string of the molecule is CCCC(C)N(C)C(C)(CN)Cc1cccc(F)c1. The molecule has 0 amide bonds. The van der Waals surface area contributed by atoms with E-state index in [-0.39, 0.29) is 11.4 Å². The standard InChI is InChI=1S/C16H27FN2/c1-5-7-13(2)19(4)16(3,12-18)11-14-8-6-9-15(17)10-14/h6,8-10,13H,5,7,11-12,18H2,1-4H3. The number of benzene rings is 1. The summed E-state index contributed by atoms with van der Waals surface area (Å²) in [6.07, 6.45) is 3.08. The van der Waals surface area contributed by atoms with Gasteiger partial charge in [-0.25, -0.2) is 4.39 Å². The zero-order valence-corrected chi connectivity index (χ0v) is 12.6. The van der Waals surface area contributed by atoms with Crippen LogP contribution in [0.3, 0.4) is 0 Å². The normalized spacial score (nSPS) is 16.4. The molecule has 3 heteroatoms. The van der Waals surface area contributed by atoms with Crippen molar-refractivity contribution in [1.29, 1.82) is 0 Å². The van der Waals surface area contributed by atoms with Gasteiger partial charge in [-0.15, -0.1) is 0 Å². The summed E-state index contributed by atoms with van der Waals surface area (Å²) in [7, 11) is 2.12. The highest BCUT2D eigenvalue weighted by atomic mass is 19.1. The van der Waals surface area contributed by atoms with Gasteiger partial charge < -0.3 is 5.73 Å². The van der Waals surface area contributed by atoms with Gasteiger partial charge in [0.2, 0.25) is 0 Å². The molecule has 0 aliphatic rings. The largest absolute Gasteiger partial charge is 0.329 e. The van der Waals surface area contributed by atoms with Gasteiger partial charge in [-0.1, -0.05) is 25.5 Å². The van der Waals surface area contributed by atoms with E-state index in [1.807, 2.05) is 6.07 Å². The van der Waals surface area contributed by atoms with Gasteiger partial charge in [0, 0.05) is 18.1 Å². The first-order chi connectivity index (χ1) is 8.92. The molecule has 0 heterocycles. The summed E-state index contributed by atoms with van der Waals surface area (Å²) in [6, 6.07) is 7.29. The van der Waals surface area contributed by atoms with Crippen molar-refractivity contribution in [2.45, 2.75) is 51.6 Å². The Bertz CT molecular complexity index is 394. The summed E-state index contributed by atoms with van der Waals surface area (Å²) in [5, 5.41) is 0. The highest BCUT2D eigenvalue weighted by molar-refractivity contribution is 5.19. The quantitative estimate of drug-likeness (QED) is 0.821. The molecule has 0 aliphatic carbocycles. The van der Waals surface area contributed by atoms with Gasteiger partial charge >= 0.3 is 0 Å². The van der Waals surface area contributed by atoms with E-state index in [1.54, 1.807) is 12.1 Å². The maximum absolute atomic E-state index is 13.3. The Hall–Kier alpha value is -0.930. The van der Waals surface area contributed by atoms with Gasteiger partial charge in [0.15, 0.2) is 0 Å². The average Bonchev–Trinajstić information content (AvgIpc) is 2.38. The second-order valence-corrected chi connectivity index (χ2v) is 5.76. The molecule has 0 saturated heterocycles. The number of rotatable bonds is 7. The summed E-state index contributed by atoms with van der Waals surface area (Å²) in [6.45, 7) is 7.14. The highest BCUT2D eigenvalue weighted by Gasteiger charge is 2.30. The number of likely N-dealkylation sites (N-methyl/N-ethyl adjacent to an activating group) is 1. The molecular weight excluding hydrogens is 239 g/mol. The number of nitrogens with zero attached hydrogens (tertiary/aromatic N) is 1. The Balaban J connectivity index is 2.85. The molecule has 1 aromatic rings. The van der Waals surface area contributed by atoms with Gasteiger partial charge in [0.1, 0.15) is 5.82 Å². The molecule has 2 unspecified atom stereocenters. The molecule has 1 aromatic carbocycles. The van der Waals surface area contributed by atoms with Crippen molar-refractivity contribution in [2.24, 2.45) is 5.73 Å². The van der Waals surface area contributed by atoms with Crippen LogP contribution in [-0.4, -0.2) is 30.1 Å². The predicted molar refractivity (Wildman–Crippen MR) is 79.7 cm³/mol. The lowest BCUT2D eigenvalue weighted by atomic mass is 9.89. The van der Waals surface area contributed by atoms with Crippen LogP contribution >= 0.6 is 0 Å². The first kappa shape index (κ1) is 16.1. The molecule has 1 rings (SSSR count). The number of nitrogens with two attached hydrogens (primary N) is 1. The van der Waals surface area contributed by atoms with E-state index in [0.717, 1.165) is 24.8 Å². The van der Waals surface area contributed by atoms with Crippen LogP contribution in [0.1, 0.15) is 39.2 Å². The fourth-order valence-corrected chi connectivity index (χ4v) is 2.57. The molecule has 0 aromatic heterocycles. The number of hydrogen-bond donors (Lipinski definition) is 1. The topological polar surface area (TPSA) is 29.3 Å². The van der Waals surface area contributed by atoms with E-state index in [4.69, 9.17) is 5.73 Å². The van der Waals surface area contributed by atoms with Gasteiger partial charge in [-0.05, 0) is 51.4 Å². The Morgan fingerprint density at radius 3 is 2.63 bits per heavy atom. The van der Waals surface area contributed by atoms with Crippen LogP contribution in [0, 0.1) is 5.82 Å². The smallest absolute Gasteiger partial charge is 0.123 e. The Labute approximate surface area is 116 Å². The van der Waals surface area contributed by atoms with Crippen molar-refractivity contribution in [2.75, 3.05) is 13.6 Å². The second kappa shape index (κ2) is 7.01. The average molecular weight is 266 g/mol. The van der Waals surface area contributed by atoms with Crippen LogP contribution in [0.2, 0.25) is 0 Å². The third kappa shape index (κ3) is 4.29. The lowest BCUT2D eigenvalue weighted by Gasteiger charge is -2.42. The summed E-state index contributed by atoms with van der Waals surface area (Å²) < 4.78 is 13.3. The predicted octanol–water partition coefficient (Wildman–Crippen LogP) is 3.21. The summed E-state index contributed by atoms with van der Waals surface area (Å²) >= 11 is 0. The van der Waals surface area contributed by atoms with E-state index in [9.17, 15) is 4.39 Å². The molecule has 0 spiro atoms. The zero-order chi connectivity index (χ0) is 14.5. The molecule has 2 atom stereocenters. The maximum Gasteiger partial charge on any atom is 0.123 e. The van der Waals surface area contributed by atoms with Crippen LogP contribution < -0.4 is 5.73 Å². The van der Waals surface area contributed by atoms with E-state index >= 15 is 0 Å². The van der Waals surface area contributed by atoms with E-state index in [2.05, 4.69) is 32.7 Å². The summed E-state index contributed by atoms with van der Waals surface area (Å²) in [5.74, 6) is -0.180. The van der Waals surface area contributed by atoms with Crippen molar-refractivity contribution < 1.29 is 4.39 Å². The van der Waals surface area contributed by atoms with Gasteiger partial charge in [-0.3, -0.25) is 4.90 Å². The van der Waals surface area contributed by atoms with Gasteiger partial charge in [0.05, 0.1) is 0 Å². The fourth-order valence-electron chi connectivity index (χ4n) is 2.57. The van der Waals surface area contributed by atoms with Crippen LogP contribution in [0.5, 0.6) is 0 Å². The van der Waals surface area contributed by atoms with Crippen LogP contribution in [0.25, 0.3) is 0 Å². The molecule has 2 N–H and O–H groups in total. The lowest BCUT2D eigenvalue weighted by Crippen LogP contribution is -2.54. The van der Waals surface area contributed by atoms with Crippen molar-refractivity contribution in [3.8, 4) is 0 Å². The minimum Gasteiger partial charge on any atom is -0.329 e. The Morgan fingerprint density at radius 1 is 1.42 bits per heavy atom. The molecule has 2 nitrogen and oxygen atoms in total. The van der Waals surface area contributed by atoms with Crippen molar-refractivity contribution in [3.63, 3.8) is 0 Å². The first-order valence-corrected chi connectivity index (χ1v) is 7.10. The van der Waals surface area contributed by atoms with E-state index in [0.29, 0.717) is 12.6 Å². The molecule has 108 valence electrons. The minimum absolute atomic E-state index is 0.137. The van der Waals surface area contributed by atoms with Crippen molar-refractivity contribution in [3.05, 3.63) is 35.6 Å². The molecule has 0 aliphatic heterocycles. The van der Waals surface area contributed by atoms with Gasteiger partial charge in [-0.2, -0.15) is 0 Å². The van der Waals surface area contributed by atoms with Gasteiger partial charge in [0.25, 0.3) is 0 Å². The molecule has 19 heavy (non-hydrogen) atoms. The van der Waals surface area contributed by atoms with Crippen LogP contribution in [0.4, 0.5) is 4.39 Å². The lowest BCUT2D eigenvalue weighted by molar-refractivity contribution is 0.0950. The zero-order valence-electron chi connectivity index (χ0n) is 12.6. The Morgan fingerprint density at radius 2 is 2.11 bits per heavy atom. The summed E-state index contributed by atoms with van der Waals surface area (Å²) in [4.78, 5) is 2.33. The fraction of sp³-hybridized carbons (Fsp3) is 0.625.